The van der Waals surface area contributed by atoms with Crippen molar-refractivity contribution in [2.75, 3.05) is 19.6 Å². The van der Waals surface area contributed by atoms with Crippen LogP contribution in [0.1, 0.15) is 36.8 Å². The molecule has 1 N–H and O–H groups in total. The van der Waals surface area contributed by atoms with Gasteiger partial charge in [-0.15, -0.1) is 0 Å². The maximum atomic E-state index is 13.9. The number of rotatable bonds is 3. The van der Waals surface area contributed by atoms with Crippen LogP contribution in [0, 0.1) is 5.82 Å². The Balaban J connectivity index is 1.72. The molecule has 8 nitrogen and oxygen atoms in total. The molecule has 1 aliphatic rings. The molecule has 0 bridgehead atoms. The number of amides is 2. The van der Waals surface area contributed by atoms with Gasteiger partial charge in [-0.2, -0.15) is 18.3 Å². The highest BCUT2D eigenvalue weighted by molar-refractivity contribution is 5.94. The molecule has 2 amide bonds. The number of alkyl halides is 3. The molecule has 186 valence electrons. The Morgan fingerprint density at radius 3 is 2.37 bits per heavy atom. The second kappa shape index (κ2) is 8.59. The molecule has 3 heterocycles. The molecule has 1 saturated heterocycles. The standard InChI is InChI=1S/C23H23F4N5O3/c1-13(33)20(34)30-8-9-31(22(2,3)12-30)21(35)18-11-32-19(28-18)16(23(25,26)27)10-17(29-32)14-4-6-15(24)7-5-14/h4-7,10-11,13,33H,8-9,12H2,1-3H3. The fourth-order valence-corrected chi connectivity index (χ4v) is 4.17. The number of aromatic nitrogens is 3. The number of benzene rings is 1. The summed E-state index contributed by atoms with van der Waals surface area (Å²) in [6, 6.07) is 5.66. The summed E-state index contributed by atoms with van der Waals surface area (Å²) in [7, 11) is 0. The predicted octanol–water partition coefficient (Wildman–Crippen LogP) is 3.00. The maximum Gasteiger partial charge on any atom is 0.420 e. The highest BCUT2D eigenvalue weighted by Crippen LogP contribution is 2.34. The van der Waals surface area contributed by atoms with Gasteiger partial charge in [0, 0.05) is 25.2 Å². The van der Waals surface area contributed by atoms with Crippen molar-refractivity contribution < 1.29 is 32.3 Å². The van der Waals surface area contributed by atoms with E-state index in [9.17, 15) is 32.3 Å². The average molecular weight is 493 g/mol. The zero-order valence-corrected chi connectivity index (χ0v) is 19.2. The summed E-state index contributed by atoms with van der Waals surface area (Å²) in [5.74, 6) is -1.62. The van der Waals surface area contributed by atoms with Crippen molar-refractivity contribution in [1.29, 1.82) is 0 Å². The molecule has 1 aliphatic heterocycles. The third-order valence-electron chi connectivity index (χ3n) is 5.91. The van der Waals surface area contributed by atoms with Gasteiger partial charge < -0.3 is 14.9 Å². The summed E-state index contributed by atoms with van der Waals surface area (Å²) in [6.07, 6.45) is -4.84. The summed E-state index contributed by atoms with van der Waals surface area (Å²) >= 11 is 0. The van der Waals surface area contributed by atoms with Crippen LogP contribution in [0.5, 0.6) is 0 Å². The molecule has 4 rings (SSSR count). The molecule has 2 aromatic heterocycles. The van der Waals surface area contributed by atoms with Crippen molar-refractivity contribution >= 4 is 17.5 Å². The minimum absolute atomic E-state index is 0.0631. The smallest absolute Gasteiger partial charge is 0.384 e. The molecule has 0 aliphatic carbocycles. The van der Waals surface area contributed by atoms with E-state index in [1.807, 2.05) is 0 Å². The van der Waals surface area contributed by atoms with E-state index in [0.717, 1.165) is 28.9 Å². The number of aliphatic hydroxyl groups excluding tert-OH is 1. The van der Waals surface area contributed by atoms with Crippen LogP contribution < -0.4 is 0 Å². The van der Waals surface area contributed by atoms with Gasteiger partial charge in [0.05, 0.1) is 17.4 Å². The summed E-state index contributed by atoms with van der Waals surface area (Å²) in [5, 5.41) is 13.8. The number of carbonyl (C=O) groups excluding carboxylic acids is 2. The Morgan fingerprint density at radius 2 is 1.80 bits per heavy atom. The number of nitrogens with zero attached hydrogens (tertiary/aromatic N) is 5. The predicted molar refractivity (Wildman–Crippen MR) is 117 cm³/mol. The molecular formula is C23H23F4N5O3. The first-order valence-corrected chi connectivity index (χ1v) is 10.8. The van der Waals surface area contributed by atoms with Crippen molar-refractivity contribution in [3.8, 4) is 11.3 Å². The highest BCUT2D eigenvalue weighted by Gasteiger charge is 2.41. The van der Waals surface area contributed by atoms with E-state index >= 15 is 0 Å². The molecule has 0 spiro atoms. The monoisotopic (exact) mass is 493 g/mol. The molecular weight excluding hydrogens is 470 g/mol. The minimum Gasteiger partial charge on any atom is -0.384 e. The quantitative estimate of drug-likeness (QED) is 0.567. The van der Waals surface area contributed by atoms with Gasteiger partial charge in [0.1, 0.15) is 23.2 Å². The highest BCUT2D eigenvalue weighted by atomic mass is 19.4. The summed E-state index contributed by atoms with van der Waals surface area (Å²) < 4.78 is 55.7. The number of piperazine rings is 1. The van der Waals surface area contributed by atoms with E-state index in [1.165, 1.54) is 28.9 Å². The number of hydrogen-bond donors (Lipinski definition) is 1. The number of hydrogen-bond acceptors (Lipinski definition) is 5. The molecule has 3 aromatic rings. The number of aliphatic hydroxyl groups is 1. The van der Waals surface area contributed by atoms with Crippen LogP contribution in [-0.2, 0) is 11.0 Å². The topological polar surface area (TPSA) is 91.0 Å². The third-order valence-corrected chi connectivity index (χ3v) is 5.91. The van der Waals surface area contributed by atoms with Gasteiger partial charge in [-0.25, -0.2) is 13.9 Å². The van der Waals surface area contributed by atoms with Gasteiger partial charge >= 0.3 is 6.18 Å². The van der Waals surface area contributed by atoms with E-state index in [0.29, 0.717) is 0 Å². The van der Waals surface area contributed by atoms with Crippen molar-refractivity contribution in [3.05, 3.63) is 53.6 Å². The first kappa shape index (κ1) is 24.6. The van der Waals surface area contributed by atoms with Gasteiger partial charge in [-0.05, 0) is 51.1 Å². The van der Waals surface area contributed by atoms with E-state index in [1.54, 1.807) is 13.8 Å². The Morgan fingerprint density at radius 1 is 1.14 bits per heavy atom. The van der Waals surface area contributed by atoms with Crippen molar-refractivity contribution in [2.45, 2.75) is 38.6 Å². The largest absolute Gasteiger partial charge is 0.420 e. The van der Waals surface area contributed by atoms with Crippen LogP contribution in [0.4, 0.5) is 17.6 Å². The van der Waals surface area contributed by atoms with Crippen molar-refractivity contribution in [3.63, 3.8) is 0 Å². The Kier molecular flexibility index (Phi) is 6.04. The second-order valence-corrected chi connectivity index (χ2v) is 9.05. The Hall–Kier alpha value is -3.54. The van der Waals surface area contributed by atoms with E-state index in [2.05, 4.69) is 10.1 Å². The van der Waals surface area contributed by atoms with Crippen LogP contribution >= 0.6 is 0 Å². The lowest BCUT2D eigenvalue weighted by Gasteiger charge is -2.47. The first-order valence-electron chi connectivity index (χ1n) is 10.8. The number of fused-ring (bicyclic) bond motifs is 1. The zero-order valence-electron chi connectivity index (χ0n) is 19.2. The number of carbonyl (C=O) groups is 2. The van der Waals surface area contributed by atoms with Crippen LogP contribution in [0.2, 0.25) is 0 Å². The molecule has 1 fully saturated rings. The Labute approximate surface area is 197 Å². The molecule has 0 radical (unpaired) electrons. The van der Waals surface area contributed by atoms with Crippen LogP contribution in [0.15, 0.2) is 36.5 Å². The molecule has 35 heavy (non-hydrogen) atoms. The maximum absolute atomic E-state index is 13.9. The molecule has 1 aromatic carbocycles. The zero-order chi connectivity index (χ0) is 25.7. The lowest BCUT2D eigenvalue weighted by Crippen LogP contribution is -2.63. The average Bonchev–Trinajstić information content (AvgIpc) is 3.20. The molecule has 1 atom stereocenters. The normalized spacial score (nSPS) is 17.0. The molecule has 0 saturated carbocycles. The number of halogens is 4. The van der Waals surface area contributed by atoms with Gasteiger partial charge in [0.2, 0.25) is 0 Å². The van der Waals surface area contributed by atoms with Gasteiger partial charge in [0.25, 0.3) is 11.8 Å². The molecule has 1 unspecified atom stereocenters. The summed E-state index contributed by atoms with van der Waals surface area (Å²) in [4.78, 5) is 32.3. The lowest BCUT2D eigenvalue weighted by molar-refractivity contribution is -0.143. The molecule has 12 heteroatoms. The van der Waals surface area contributed by atoms with Gasteiger partial charge in [-0.1, -0.05) is 0 Å². The van der Waals surface area contributed by atoms with Crippen molar-refractivity contribution in [1.82, 2.24) is 24.4 Å². The van der Waals surface area contributed by atoms with E-state index < -0.39 is 46.7 Å². The van der Waals surface area contributed by atoms with E-state index in [4.69, 9.17) is 0 Å². The first-order chi connectivity index (χ1) is 16.3. The summed E-state index contributed by atoms with van der Waals surface area (Å²) in [5.41, 5.74) is -2.52. The van der Waals surface area contributed by atoms with Gasteiger partial charge in [0.15, 0.2) is 5.65 Å². The minimum atomic E-state index is -4.78. The SMILES string of the molecule is CC(O)C(=O)N1CCN(C(=O)c2cn3nc(-c4ccc(F)cc4)cc(C(F)(F)F)c3n2)C(C)(C)C1. The van der Waals surface area contributed by atoms with Crippen LogP contribution in [0.3, 0.4) is 0 Å². The van der Waals surface area contributed by atoms with Crippen LogP contribution in [0.25, 0.3) is 16.9 Å². The fraction of sp³-hybridized carbons (Fsp3) is 0.391. The summed E-state index contributed by atoms with van der Waals surface area (Å²) in [6.45, 7) is 5.19. The second-order valence-electron chi connectivity index (χ2n) is 9.05. The lowest BCUT2D eigenvalue weighted by atomic mass is 9.97. The third kappa shape index (κ3) is 4.70. The Bertz CT molecular complexity index is 1280. The van der Waals surface area contributed by atoms with E-state index in [-0.39, 0.29) is 36.6 Å². The van der Waals surface area contributed by atoms with Gasteiger partial charge in [-0.3, -0.25) is 9.59 Å². The number of imidazole rings is 1. The fourth-order valence-electron chi connectivity index (χ4n) is 4.17. The van der Waals surface area contributed by atoms with Crippen molar-refractivity contribution in [2.24, 2.45) is 0 Å². The van der Waals surface area contributed by atoms with Crippen LogP contribution in [-0.4, -0.2) is 72.6 Å².